The molecule has 0 aliphatic rings. The summed E-state index contributed by atoms with van der Waals surface area (Å²) in [5.74, 6) is 0.219. The van der Waals surface area contributed by atoms with Gasteiger partial charge in [0.05, 0.1) is 17.5 Å². The van der Waals surface area contributed by atoms with Gasteiger partial charge in [0.1, 0.15) is 0 Å². The fraction of sp³-hybridized carbons (Fsp3) is 0.381. The summed E-state index contributed by atoms with van der Waals surface area (Å²) in [5.41, 5.74) is 2.94. The zero-order chi connectivity index (χ0) is 18.9. The van der Waals surface area contributed by atoms with E-state index < -0.39 is 0 Å². The van der Waals surface area contributed by atoms with Gasteiger partial charge in [-0.2, -0.15) is 0 Å². The van der Waals surface area contributed by atoms with Crippen LogP contribution in [0.4, 0.5) is 16.2 Å². The minimum Gasteiger partial charge on any atom is -0.393 e. The molecule has 2 amide bonds. The molecule has 2 unspecified atom stereocenters. The summed E-state index contributed by atoms with van der Waals surface area (Å²) in [7, 11) is 2.01. The summed E-state index contributed by atoms with van der Waals surface area (Å²) in [4.78, 5) is 14.3. The minimum atomic E-state index is -0.359. The summed E-state index contributed by atoms with van der Waals surface area (Å²) in [6, 6.07) is 17.8. The van der Waals surface area contributed by atoms with Gasteiger partial charge >= 0.3 is 6.03 Å². The van der Waals surface area contributed by atoms with Crippen molar-refractivity contribution >= 4 is 17.4 Å². The molecule has 140 valence electrons. The Morgan fingerprint density at radius 1 is 1.08 bits per heavy atom. The molecule has 0 aliphatic heterocycles. The molecule has 0 aliphatic carbocycles. The Kier molecular flexibility index (Phi) is 7.48. The predicted molar refractivity (Wildman–Crippen MR) is 107 cm³/mol. The molecule has 2 aromatic rings. The second-order valence-corrected chi connectivity index (χ2v) is 6.88. The average molecular weight is 355 g/mol. The minimum absolute atomic E-state index is 0.219. The van der Waals surface area contributed by atoms with Crippen molar-refractivity contribution in [3.05, 3.63) is 60.2 Å². The highest BCUT2D eigenvalue weighted by molar-refractivity contribution is 5.93. The van der Waals surface area contributed by atoms with E-state index in [1.54, 1.807) is 6.92 Å². The number of anilines is 2. The number of hydrogen-bond acceptors (Lipinski definition) is 3. The van der Waals surface area contributed by atoms with E-state index in [9.17, 15) is 9.90 Å². The Morgan fingerprint density at radius 2 is 1.73 bits per heavy atom. The molecule has 0 spiro atoms. The first kappa shape index (κ1) is 19.8. The van der Waals surface area contributed by atoms with Crippen molar-refractivity contribution in [1.82, 2.24) is 5.32 Å². The van der Waals surface area contributed by atoms with Gasteiger partial charge in [-0.15, -0.1) is 0 Å². The number of carbonyl (C=O) groups excluding carboxylic acids is 1. The molecule has 2 rings (SSSR count). The predicted octanol–water partition coefficient (Wildman–Crippen LogP) is 3.85. The molecule has 0 radical (unpaired) electrons. The largest absolute Gasteiger partial charge is 0.393 e. The molecule has 0 aromatic heterocycles. The molecule has 0 heterocycles. The Hall–Kier alpha value is -2.53. The molecule has 0 fully saturated rings. The highest BCUT2D eigenvalue weighted by Crippen LogP contribution is 2.25. The normalized spacial score (nSPS) is 12.9. The number of benzene rings is 2. The van der Waals surface area contributed by atoms with Crippen LogP contribution in [0.5, 0.6) is 0 Å². The summed E-state index contributed by atoms with van der Waals surface area (Å²) in [5, 5.41) is 15.2. The highest BCUT2D eigenvalue weighted by Gasteiger charge is 2.12. The van der Waals surface area contributed by atoms with Crippen LogP contribution < -0.4 is 15.5 Å². The lowest BCUT2D eigenvalue weighted by Gasteiger charge is -2.23. The molecule has 2 atom stereocenters. The number of aliphatic hydroxyl groups excluding tert-OH is 1. The summed E-state index contributed by atoms with van der Waals surface area (Å²) < 4.78 is 0. The molecule has 0 saturated heterocycles. The number of amides is 2. The second kappa shape index (κ2) is 9.82. The van der Waals surface area contributed by atoms with Crippen molar-refractivity contribution in [3.8, 4) is 0 Å². The third-order valence-electron chi connectivity index (χ3n) is 4.18. The van der Waals surface area contributed by atoms with E-state index in [1.807, 2.05) is 56.4 Å². The quantitative estimate of drug-likeness (QED) is 0.674. The van der Waals surface area contributed by atoms with E-state index in [4.69, 9.17) is 0 Å². The highest BCUT2D eigenvalue weighted by atomic mass is 16.3. The fourth-order valence-electron chi connectivity index (χ4n) is 2.95. The molecular formula is C21H29N3O2. The monoisotopic (exact) mass is 355 g/mol. The third-order valence-corrected chi connectivity index (χ3v) is 4.18. The second-order valence-electron chi connectivity index (χ2n) is 6.88. The van der Waals surface area contributed by atoms with E-state index in [0.717, 1.165) is 17.9 Å². The first-order valence-corrected chi connectivity index (χ1v) is 9.02. The van der Waals surface area contributed by atoms with Gasteiger partial charge in [-0.3, -0.25) is 0 Å². The third kappa shape index (κ3) is 6.41. The first-order chi connectivity index (χ1) is 12.5. The molecule has 26 heavy (non-hydrogen) atoms. The Labute approximate surface area is 156 Å². The van der Waals surface area contributed by atoms with Crippen LogP contribution in [0.2, 0.25) is 0 Å². The Balaban J connectivity index is 1.96. The number of hydrogen-bond donors (Lipinski definition) is 3. The van der Waals surface area contributed by atoms with Gasteiger partial charge in [0.2, 0.25) is 0 Å². The lowest BCUT2D eigenvalue weighted by atomic mass is 10.1. The molecule has 5 nitrogen and oxygen atoms in total. The van der Waals surface area contributed by atoms with Crippen LogP contribution in [0.1, 0.15) is 25.8 Å². The van der Waals surface area contributed by atoms with Crippen LogP contribution in [0, 0.1) is 5.92 Å². The van der Waals surface area contributed by atoms with Gasteiger partial charge in [0, 0.05) is 20.1 Å². The van der Waals surface area contributed by atoms with E-state index >= 15 is 0 Å². The van der Waals surface area contributed by atoms with Gasteiger partial charge < -0.3 is 20.6 Å². The van der Waals surface area contributed by atoms with E-state index in [2.05, 4.69) is 27.7 Å². The van der Waals surface area contributed by atoms with Crippen LogP contribution in [-0.4, -0.2) is 30.8 Å². The van der Waals surface area contributed by atoms with E-state index in [0.29, 0.717) is 13.0 Å². The molecule has 0 bridgehead atoms. The maximum Gasteiger partial charge on any atom is 0.319 e. The van der Waals surface area contributed by atoms with Crippen LogP contribution in [0.15, 0.2) is 54.6 Å². The first-order valence-electron chi connectivity index (χ1n) is 9.02. The number of carbonyl (C=O) groups is 1. The zero-order valence-corrected chi connectivity index (χ0v) is 15.8. The molecule has 2 aromatic carbocycles. The average Bonchev–Trinajstić information content (AvgIpc) is 2.61. The summed E-state index contributed by atoms with van der Waals surface area (Å²) in [6.45, 7) is 5.05. The van der Waals surface area contributed by atoms with Gasteiger partial charge in [0.15, 0.2) is 0 Å². The van der Waals surface area contributed by atoms with Gasteiger partial charge in [-0.05, 0) is 37.0 Å². The topological polar surface area (TPSA) is 64.6 Å². The molecule has 3 N–H and O–H groups in total. The van der Waals surface area contributed by atoms with Crippen molar-refractivity contribution in [2.75, 3.05) is 23.8 Å². The Bertz CT molecular complexity index is 689. The summed E-state index contributed by atoms with van der Waals surface area (Å²) in [6.07, 6.45) is 0.304. The van der Waals surface area contributed by atoms with Crippen LogP contribution in [0.25, 0.3) is 0 Å². The molecule has 0 saturated carbocycles. The van der Waals surface area contributed by atoms with Crippen molar-refractivity contribution in [2.24, 2.45) is 5.92 Å². The number of urea groups is 1. The SMILES string of the molecule is CC(O)CC(C)CNC(=O)Nc1ccccc1N(C)Cc1ccccc1. The van der Waals surface area contributed by atoms with Crippen molar-refractivity contribution < 1.29 is 9.90 Å². The number of nitrogens with zero attached hydrogens (tertiary/aromatic N) is 1. The van der Waals surface area contributed by atoms with Crippen molar-refractivity contribution in [1.29, 1.82) is 0 Å². The van der Waals surface area contributed by atoms with Crippen molar-refractivity contribution in [2.45, 2.75) is 32.9 Å². The Morgan fingerprint density at radius 3 is 2.42 bits per heavy atom. The molecular weight excluding hydrogens is 326 g/mol. The molecule has 5 heteroatoms. The summed E-state index contributed by atoms with van der Waals surface area (Å²) >= 11 is 0. The number of rotatable bonds is 8. The van der Waals surface area contributed by atoms with Gasteiger partial charge in [-0.25, -0.2) is 4.79 Å². The maximum absolute atomic E-state index is 12.2. The number of nitrogens with one attached hydrogen (secondary N) is 2. The standard InChI is InChI=1S/C21H29N3O2/c1-16(13-17(2)25)14-22-21(26)23-19-11-7-8-12-20(19)24(3)15-18-9-5-4-6-10-18/h4-12,16-17,25H,13-15H2,1-3H3,(H2,22,23,26). The van der Waals surface area contributed by atoms with E-state index in [1.165, 1.54) is 5.56 Å². The maximum atomic E-state index is 12.2. The van der Waals surface area contributed by atoms with Crippen LogP contribution >= 0.6 is 0 Å². The smallest absolute Gasteiger partial charge is 0.319 e. The van der Waals surface area contributed by atoms with Crippen LogP contribution in [-0.2, 0) is 6.54 Å². The number of aliphatic hydroxyl groups is 1. The fourth-order valence-corrected chi connectivity index (χ4v) is 2.95. The van der Waals surface area contributed by atoms with E-state index in [-0.39, 0.29) is 18.1 Å². The van der Waals surface area contributed by atoms with Gasteiger partial charge in [-0.1, -0.05) is 49.4 Å². The number of para-hydroxylation sites is 2. The lowest BCUT2D eigenvalue weighted by molar-refractivity contribution is 0.163. The van der Waals surface area contributed by atoms with Crippen molar-refractivity contribution in [3.63, 3.8) is 0 Å². The lowest BCUT2D eigenvalue weighted by Crippen LogP contribution is -2.33. The zero-order valence-electron chi connectivity index (χ0n) is 15.8. The van der Waals surface area contributed by atoms with Crippen LogP contribution in [0.3, 0.4) is 0 Å². The van der Waals surface area contributed by atoms with Gasteiger partial charge in [0.25, 0.3) is 0 Å².